The van der Waals surface area contributed by atoms with Gasteiger partial charge in [0, 0.05) is 17.1 Å². The van der Waals surface area contributed by atoms with Crippen LogP contribution in [0.5, 0.6) is 0 Å². The molecule has 3 rings (SSSR count). The van der Waals surface area contributed by atoms with Crippen LogP contribution in [0.25, 0.3) is 0 Å². The van der Waals surface area contributed by atoms with E-state index in [1.54, 1.807) is 39.1 Å². The maximum atomic E-state index is 12.7. The number of nitrogens with zero attached hydrogens (tertiary/aromatic N) is 1. The number of rotatable bonds is 3. The summed E-state index contributed by atoms with van der Waals surface area (Å²) >= 11 is 3.34. The first kappa shape index (κ1) is 16.0. The van der Waals surface area contributed by atoms with Crippen LogP contribution in [0.15, 0.2) is 33.4 Å². The largest absolute Gasteiger partial charge is 0.469 e. The molecule has 1 aliphatic rings. The summed E-state index contributed by atoms with van der Waals surface area (Å²) in [5.74, 6) is -0.326. The highest BCUT2D eigenvalue weighted by atomic mass is 79.9. The minimum Gasteiger partial charge on any atom is -0.469 e. The first-order chi connectivity index (χ1) is 10.8. The van der Waals surface area contributed by atoms with Crippen molar-refractivity contribution in [3.63, 3.8) is 0 Å². The van der Waals surface area contributed by atoms with Gasteiger partial charge < -0.3 is 14.4 Å². The fraction of sp³-hybridized carbons (Fsp3) is 0.294. The van der Waals surface area contributed by atoms with Crippen LogP contribution in [0, 0.1) is 13.8 Å². The molecular formula is C17H16BrNO4. The Hall–Kier alpha value is -1.92. The van der Waals surface area contributed by atoms with Crippen LogP contribution >= 0.6 is 15.9 Å². The van der Waals surface area contributed by atoms with Crippen LogP contribution in [-0.2, 0) is 10.4 Å². The van der Waals surface area contributed by atoms with Gasteiger partial charge in [-0.2, -0.15) is 0 Å². The lowest BCUT2D eigenvalue weighted by atomic mass is 9.87. The summed E-state index contributed by atoms with van der Waals surface area (Å²) in [6, 6.07) is 5.22. The number of hydrogen-bond donors (Lipinski definition) is 1. The Morgan fingerprint density at radius 3 is 2.70 bits per heavy atom. The predicted molar refractivity (Wildman–Crippen MR) is 88.6 cm³/mol. The Balaban J connectivity index is 2.04. The lowest BCUT2D eigenvalue weighted by Crippen LogP contribution is -2.40. The number of anilines is 1. The molecule has 1 N–H and O–H groups in total. The second-order valence-corrected chi connectivity index (χ2v) is 6.75. The maximum Gasteiger partial charge on any atom is 0.263 e. The molecule has 0 spiro atoms. The van der Waals surface area contributed by atoms with E-state index in [0.717, 1.165) is 4.47 Å². The molecule has 0 saturated heterocycles. The van der Waals surface area contributed by atoms with Gasteiger partial charge in [0.05, 0.1) is 23.9 Å². The van der Waals surface area contributed by atoms with Crippen LogP contribution < -0.4 is 4.90 Å². The molecule has 1 aromatic heterocycles. The molecule has 0 bridgehead atoms. The fourth-order valence-corrected chi connectivity index (χ4v) is 3.48. The fourth-order valence-electron chi connectivity index (χ4n) is 3.11. The van der Waals surface area contributed by atoms with E-state index in [1.165, 1.54) is 11.2 Å². The molecule has 5 nitrogen and oxygen atoms in total. The van der Waals surface area contributed by atoms with Gasteiger partial charge in [0.1, 0.15) is 5.76 Å². The number of carbonyl (C=O) groups is 2. The standard InChI is InChI=1S/C17H16BrNO4/c1-9-8-23-10(2)15(9)14(20)7-17(22)12-6-11(18)4-5-13(12)19(3)16(17)21/h4-6,8,22H,7H2,1-3H3/t17-/m0/s1. The van der Waals surface area contributed by atoms with Gasteiger partial charge in [-0.15, -0.1) is 0 Å². The molecule has 1 amide bonds. The van der Waals surface area contributed by atoms with Crippen LogP contribution in [-0.4, -0.2) is 23.8 Å². The number of aliphatic hydroxyl groups is 1. The second-order valence-electron chi connectivity index (χ2n) is 5.84. The molecule has 6 heteroatoms. The van der Waals surface area contributed by atoms with E-state index in [-0.39, 0.29) is 12.2 Å². The predicted octanol–water partition coefficient (Wildman–Crippen LogP) is 3.10. The van der Waals surface area contributed by atoms with Crippen molar-refractivity contribution in [1.82, 2.24) is 0 Å². The molecule has 0 saturated carbocycles. The average molecular weight is 378 g/mol. The number of likely N-dealkylation sites (N-methyl/N-ethyl adjacent to an activating group) is 1. The molecule has 0 unspecified atom stereocenters. The highest BCUT2D eigenvalue weighted by molar-refractivity contribution is 9.10. The van der Waals surface area contributed by atoms with E-state index in [2.05, 4.69) is 15.9 Å². The van der Waals surface area contributed by atoms with Crippen molar-refractivity contribution in [2.45, 2.75) is 25.9 Å². The van der Waals surface area contributed by atoms with E-state index in [9.17, 15) is 14.7 Å². The second kappa shape index (κ2) is 5.32. The van der Waals surface area contributed by atoms with E-state index >= 15 is 0 Å². The minimum atomic E-state index is -1.86. The van der Waals surface area contributed by atoms with Gasteiger partial charge in [0.25, 0.3) is 5.91 Å². The maximum absolute atomic E-state index is 12.7. The molecule has 1 atom stereocenters. The molecule has 2 aromatic rings. The highest BCUT2D eigenvalue weighted by Crippen LogP contribution is 2.43. The zero-order chi connectivity index (χ0) is 16.9. The monoisotopic (exact) mass is 377 g/mol. The van der Waals surface area contributed by atoms with E-state index in [0.29, 0.717) is 28.1 Å². The Bertz CT molecular complexity index is 806. The summed E-state index contributed by atoms with van der Waals surface area (Å²) in [6.45, 7) is 3.46. The molecule has 0 fully saturated rings. The zero-order valence-electron chi connectivity index (χ0n) is 13.0. The summed E-state index contributed by atoms with van der Waals surface area (Å²) in [5.41, 5.74) is 0.309. The quantitative estimate of drug-likeness (QED) is 0.834. The summed E-state index contributed by atoms with van der Waals surface area (Å²) in [6.07, 6.45) is 1.18. The molecule has 120 valence electrons. The zero-order valence-corrected chi connectivity index (χ0v) is 14.6. The van der Waals surface area contributed by atoms with Gasteiger partial charge in [-0.05, 0) is 37.6 Å². The van der Waals surface area contributed by atoms with Crippen molar-refractivity contribution < 1.29 is 19.1 Å². The Morgan fingerprint density at radius 2 is 2.09 bits per heavy atom. The van der Waals surface area contributed by atoms with Gasteiger partial charge in [-0.1, -0.05) is 15.9 Å². The summed E-state index contributed by atoms with van der Waals surface area (Å²) in [4.78, 5) is 26.6. The minimum absolute atomic E-state index is 0.314. The van der Waals surface area contributed by atoms with Crippen molar-refractivity contribution in [2.75, 3.05) is 11.9 Å². The number of hydrogen-bond acceptors (Lipinski definition) is 4. The van der Waals surface area contributed by atoms with Crippen molar-refractivity contribution in [1.29, 1.82) is 0 Å². The van der Waals surface area contributed by atoms with Gasteiger partial charge in [0.2, 0.25) is 0 Å². The summed E-state index contributed by atoms with van der Waals surface area (Å²) < 4.78 is 5.98. The molecule has 1 aliphatic heterocycles. The molecule has 0 aliphatic carbocycles. The van der Waals surface area contributed by atoms with Crippen molar-refractivity contribution in [2.24, 2.45) is 0 Å². The topological polar surface area (TPSA) is 70.7 Å². The van der Waals surface area contributed by atoms with Crippen LogP contribution in [0.3, 0.4) is 0 Å². The Labute approximate surface area is 142 Å². The smallest absolute Gasteiger partial charge is 0.263 e. The number of benzene rings is 1. The van der Waals surface area contributed by atoms with E-state index in [1.807, 2.05) is 0 Å². The number of aryl methyl sites for hydroxylation is 2. The number of amides is 1. The van der Waals surface area contributed by atoms with Crippen molar-refractivity contribution in [3.8, 4) is 0 Å². The van der Waals surface area contributed by atoms with Crippen molar-refractivity contribution in [3.05, 3.63) is 51.4 Å². The Kier molecular flexibility index (Phi) is 3.69. The number of furan rings is 1. The third-order valence-corrected chi connectivity index (χ3v) is 4.77. The average Bonchev–Trinajstić information content (AvgIpc) is 2.91. The number of ketones is 1. The Morgan fingerprint density at radius 1 is 1.39 bits per heavy atom. The van der Waals surface area contributed by atoms with Crippen LogP contribution in [0.1, 0.15) is 33.7 Å². The number of halogens is 1. The first-order valence-corrected chi connectivity index (χ1v) is 7.93. The van der Waals surface area contributed by atoms with Crippen LogP contribution in [0.4, 0.5) is 5.69 Å². The highest BCUT2D eigenvalue weighted by Gasteiger charge is 2.50. The van der Waals surface area contributed by atoms with Crippen molar-refractivity contribution >= 4 is 33.3 Å². The summed E-state index contributed by atoms with van der Waals surface area (Å²) in [5, 5.41) is 11.0. The molecule has 23 heavy (non-hydrogen) atoms. The third kappa shape index (κ3) is 2.33. The third-order valence-electron chi connectivity index (χ3n) is 4.28. The molecule has 0 radical (unpaired) electrons. The summed E-state index contributed by atoms with van der Waals surface area (Å²) in [7, 11) is 1.59. The SMILES string of the molecule is Cc1coc(C)c1C(=O)C[C@@]1(O)C(=O)N(C)c2ccc(Br)cc21. The number of carbonyl (C=O) groups excluding carboxylic acids is 2. The van der Waals surface area contributed by atoms with Gasteiger partial charge >= 0.3 is 0 Å². The first-order valence-electron chi connectivity index (χ1n) is 7.14. The van der Waals surface area contributed by atoms with E-state index < -0.39 is 11.5 Å². The molecule has 1 aromatic carbocycles. The normalized spacial score (nSPS) is 20.0. The molecule has 2 heterocycles. The lowest BCUT2D eigenvalue weighted by Gasteiger charge is -2.21. The molecular weight excluding hydrogens is 362 g/mol. The van der Waals surface area contributed by atoms with E-state index in [4.69, 9.17) is 4.42 Å². The van der Waals surface area contributed by atoms with Gasteiger partial charge in [0.15, 0.2) is 11.4 Å². The van der Waals surface area contributed by atoms with Gasteiger partial charge in [-0.25, -0.2) is 0 Å². The number of fused-ring (bicyclic) bond motifs is 1. The van der Waals surface area contributed by atoms with Gasteiger partial charge in [-0.3, -0.25) is 9.59 Å². The van der Waals surface area contributed by atoms with Crippen LogP contribution in [0.2, 0.25) is 0 Å². The lowest BCUT2D eigenvalue weighted by molar-refractivity contribution is -0.135. The number of Topliss-reactive ketones (excluding diaryl/α,β-unsaturated/α-hetero) is 1.